The van der Waals surface area contributed by atoms with E-state index in [1.807, 2.05) is 56.0 Å². The van der Waals surface area contributed by atoms with E-state index in [9.17, 15) is 9.59 Å². The molecular weight excluding hydrogens is 368 g/mol. The maximum atomic E-state index is 12.7. The summed E-state index contributed by atoms with van der Waals surface area (Å²) in [6, 6.07) is 9.98. The Hall–Kier alpha value is -2.57. The van der Waals surface area contributed by atoms with E-state index in [4.69, 9.17) is 4.74 Å². The Bertz CT molecular complexity index is 670. The fourth-order valence-electron chi connectivity index (χ4n) is 3.44. The highest BCUT2D eigenvalue weighted by molar-refractivity contribution is 5.85. The number of guanidine groups is 1. The quantitative estimate of drug-likeness (QED) is 0.410. The number of carbonyl (C=O) groups is 2. The van der Waals surface area contributed by atoms with Gasteiger partial charge in [-0.25, -0.2) is 4.99 Å². The molecule has 2 rings (SSSR count). The topological polar surface area (TPSA) is 74.2 Å². The first kappa shape index (κ1) is 22.7. The fraction of sp³-hybridized carbons (Fsp3) is 0.591. The molecule has 1 heterocycles. The van der Waals surface area contributed by atoms with E-state index in [2.05, 4.69) is 15.2 Å². The molecule has 0 saturated carbocycles. The summed E-state index contributed by atoms with van der Waals surface area (Å²) in [6.45, 7) is 9.77. The van der Waals surface area contributed by atoms with Gasteiger partial charge in [0.05, 0.1) is 12.5 Å². The first-order valence-corrected chi connectivity index (χ1v) is 10.6. The third-order valence-electron chi connectivity index (χ3n) is 5.06. The molecule has 1 aromatic rings. The molecule has 0 aromatic heterocycles. The zero-order valence-electron chi connectivity index (χ0n) is 17.9. The number of aliphatic imine (C=N–C) groups is 1. The summed E-state index contributed by atoms with van der Waals surface area (Å²) in [7, 11) is 0. The number of rotatable bonds is 8. The SMILES string of the molecule is CCNC(=NCC(=O)N(CC)Cc1ccccc1)N1CCC(C(=O)OCC)CC1. The van der Waals surface area contributed by atoms with E-state index >= 15 is 0 Å². The second-order valence-corrected chi connectivity index (χ2v) is 7.08. The number of likely N-dealkylation sites (tertiary alicyclic amines) is 1. The summed E-state index contributed by atoms with van der Waals surface area (Å²) >= 11 is 0. The van der Waals surface area contributed by atoms with Crippen LogP contribution in [0, 0.1) is 5.92 Å². The normalized spacial score (nSPS) is 15.1. The van der Waals surface area contributed by atoms with Crippen molar-refractivity contribution in [3.8, 4) is 0 Å². The van der Waals surface area contributed by atoms with Gasteiger partial charge in [-0.1, -0.05) is 30.3 Å². The van der Waals surface area contributed by atoms with Crippen LogP contribution in [0.25, 0.3) is 0 Å². The van der Waals surface area contributed by atoms with E-state index in [1.165, 1.54) is 0 Å². The number of piperidine rings is 1. The lowest BCUT2D eigenvalue weighted by Crippen LogP contribution is -2.47. The number of esters is 1. The number of nitrogens with zero attached hydrogens (tertiary/aromatic N) is 3. The predicted molar refractivity (Wildman–Crippen MR) is 114 cm³/mol. The van der Waals surface area contributed by atoms with Gasteiger partial charge < -0.3 is 19.9 Å². The minimum absolute atomic E-state index is 0.00756. The van der Waals surface area contributed by atoms with E-state index in [-0.39, 0.29) is 24.3 Å². The van der Waals surface area contributed by atoms with Crippen LogP contribution in [0.5, 0.6) is 0 Å². The first-order valence-electron chi connectivity index (χ1n) is 10.6. The Morgan fingerprint density at radius 1 is 1.17 bits per heavy atom. The number of carbonyl (C=O) groups excluding carboxylic acids is 2. The molecule has 1 aliphatic rings. The standard InChI is InChI=1S/C22H34N4O3/c1-4-23-22(26-14-12-19(13-15-26)21(28)29-6-3)24-16-20(27)25(5-2)17-18-10-8-7-9-11-18/h7-11,19H,4-6,12-17H2,1-3H3,(H,23,24). The highest BCUT2D eigenvalue weighted by Gasteiger charge is 2.27. The summed E-state index contributed by atoms with van der Waals surface area (Å²) in [6.07, 6.45) is 1.48. The number of likely N-dealkylation sites (N-methyl/N-ethyl adjacent to an activating group) is 1. The summed E-state index contributed by atoms with van der Waals surface area (Å²) in [5, 5.41) is 3.27. The minimum atomic E-state index is -0.108. The smallest absolute Gasteiger partial charge is 0.309 e. The van der Waals surface area contributed by atoms with Gasteiger partial charge >= 0.3 is 5.97 Å². The maximum absolute atomic E-state index is 12.7. The lowest BCUT2D eigenvalue weighted by atomic mass is 9.97. The molecule has 0 unspecified atom stereocenters. The summed E-state index contributed by atoms with van der Waals surface area (Å²) < 4.78 is 5.14. The molecule has 160 valence electrons. The van der Waals surface area contributed by atoms with Gasteiger partial charge in [-0.05, 0) is 39.2 Å². The van der Waals surface area contributed by atoms with Crippen molar-refractivity contribution in [1.29, 1.82) is 0 Å². The summed E-state index contributed by atoms with van der Waals surface area (Å²) in [5.41, 5.74) is 1.11. The predicted octanol–water partition coefficient (Wildman–Crippen LogP) is 2.28. The summed E-state index contributed by atoms with van der Waals surface area (Å²) in [5.74, 6) is 0.591. The van der Waals surface area contributed by atoms with Gasteiger partial charge in [0.25, 0.3) is 0 Å². The van der Waals surface area contributed by atoms with Crippen LogP contribution in [0.3, 0.4) is 0 Å². The Morgan fingerprint density at radius 2 is 1.86 bits per heavy atom. The van der Waals surface area contributed by atoms with Crippen molar-refractivity contribution >= 4 is 17.8 Å². The molecule has 1 N–H and O–H groups in total. The van der Waals surface area contributed by atoms with Gasteiger partial charge in [0.2, 0.25) is 5.91 Å². The molecule has 7 nitrogen and oxygen atoms in total. The van der Waals surface area contributed by atoms with Gasteiger partial charge in [0.15, 0.2) is 5.96 Å². The van der Waals surface area contributed by atoms with Crippen LogP contribution in [-0.4, -0.2) is 67.0 Å². The van der Waals surface area contributed by atoms with Crippen LogP contribution in [0.4, 0.5) is 0 Å². The van der Waals surface area contributed by atoms with E-state index in [0.29, 0.717) is 19.7 Å². The number of hydrogen-bond acceptors (Lipinski definition) is 4. The lowest BCUT2D eigenvalue weighted by molar-refractivity contribution is -0.149. The Morgan fingerprint density at radius 3 is 2.45 bits per heavy atom. The second kappa shape index (κ2) is 12.1. The molecular formula is C22H34N4O3. The Labute approximate surface area is 174 Å². The lowest BCUT2D eigenvalue weighted by Gasteiger charge is -2.33. The van der Waals surface area contributed by atoms with Crippen molar-refractivity contribution in [1.82, 2.24) is 15.1 Å². The fourth-order valence-corrected chi connectivity index (χ4v) is 3.44. The Balaban J connectivity index is 1.94. The average Bonchev–Trinajstić information content (AvgIpc) is 2.75. The molecule has 29 heavy (non-hydrogen) atoms. The minimum Gasteiger partial charge on any atom is -0.466 e. The van der Waals surface area contributed by atoms with E-state index in [1.54, 1.807) is 0 Å². The molecule has 0 spiro atoms. The van der Waals surface area contributed by atoms with Crippen LogP contribution >= 0.6 is 0 Å². The van der Waals surface area contributed by atoms with Crippen LogP contribution in [0.1, 0.15) is 39.2 Å². The molecule has 7 heteroatoms. The second-order valence-electron chi connectivity index (χ2n) is 7.08. The van der Waals surface area contributed by atoms with Gasteiger partial charge in [-0.3, -0.25) is 9.59 Å². The van der Waals surface area contributed by atoms with Crippen molar-refractivity contribution in [3.05, 3.63) is 35.9 Å². The van der Waals surface area contributed by atoms with Gasteiger partial charge in [0.1, 0.15) is 6.54 Å². The van der Waals surface area contributed by atoms with Crippen LogP contribution < -0.4 is 5.32 Å². The molecule has 1 fully saturated rings. The van der Waals surface area contributed by atoms with Gasteiger partial charge in [-0.2, -0.15) is 0 Å². The van der Waals surface area contributed by atoms with Crippen molar-refractivity contribution in [2.45, 2.75) is 40.2 Å². The highest BCUT2D eigenvalue weighted by Crippen LogP contribution is 2.18. The zero-order chi connectivity index (χ0) is 21.1. The van der Waals surface area contributed by atoms with Crippen molar-refractivity contribution in [3.63, 3.8) is 0 Å². The molecule has 1 aliphatic heterocycles. The van der Waals surface area contributed by atoms with Crippen LogP contribution in [0.15, 0.2) is 35.3 Å². The molecule has 0 aliphatic carbocycles. The molecule has 1 amide bonds. The van der Waals surface area contributed by atoms with Crippen LogP contribution in [0.2, 0.25) is 0 Å². The molecule has 1 aromatic carbocycles. The number of amides is 1. The summed E-state index contributed by atoms with van der Waals surface area (Å²) in [4.78, 5) is 33.1. The maximum Gasteiger partial charge on any atom is 0.309 e. The first-order chi connectivity index (χ1) is 14.1. The van der Waals surface area contributed by atoms with Gasteiger partial charge in [0, 0.05) is 32.7 Å². The third-order valence-corrected chi connectivity index (χ3v) is 5.06. The number of hydrogen-bond donors (Lipinski definition) is 1. The molecule has 1 saturated heterocycles. The number of benzene rings is 1. The zero-order valence-corrected chi connectivity index (χ0v) is 17.9. The third kappa shape index (κ3) is 7.07. The Kier molecular flexibility index (Phi) is 9.47. The number of nitrogens with one attached hydrogen (secondary N) is 1. The van der Waals surface area contributed by atoms with Crippen molar-refractivity contribution in [2.24, 2.45) is 10.9 Å². The van der Waals surface area contributed by atoms with Gasteiger partial charge in [-0.15, -0.1) is 0 Å². The molecule has 0 bridgehead atoms. The van der Waals surface area contributed by atoms with Crippen LogP contribution in [-0.2, 0) is 20.9 Å². The van der Waals surface area contributed by atoms with E-state index in [0.717, 1.165) is 44.0 Å². The highest BCUT2D eigenvalue weighted by atomic mass is 16.5. The monoisotopic (exact) mass is 402 g/mol. The average molecular weight is 403 g/mol. The van der Waals surface area contributed by atoms with Crippen molar-refractivity contribution in [2.75, 3.05) is 39.3 Å². The molecule has 0 atom stereocenters. The van der Waals surface area contributed by atoms with Crippen molar-refractivity contribution < 1.29 is 14.3 Å². The van der Waals surface area contributed by atoms with E-state index < -0.39 is 0 Å². The number of ether oxygens (including phenoxy) is 1. The molecule has 0 radical (unpaired) electrons. The largest absolute Gasteiger partial charge is 0.466 e.